The highest BCUT2D eigenvalue weighted by Gasteiger charge is 2.21. The summed E-state index contributed by atoms with van der Waals surface area (Å²) in [6.45, 7) is 0. The Morgan fingerprint density at radius 1 is 0.829 bits per heavy atom. The molecule has 0 aliphatic carbocycles. The Bertz CT molecular complexity index is 1490. The summed E-state index contributed by atoms with van der Waals surface area (Å²) in [5.41, 5.74) is 2.94. The van der Waals surface area contributed by atoms with Gasteiger partial charge in [0.1, 0.15) is 0 Å². The molecule has 0 aliphatic rings. The molecule has 0 fully saturated rings. The summed E-state index contributed by atoms with van der Waals surface area (Å²) in [5, 5.41) is 6.18. The molecule has 8 heteroatoms. The second kappa shape index (κ2) is 9.74. The number of aromatic nitrogens is 3. The number of carbonyl (C=O) groups excluding carboxylic acids is 2. The van der Waals surface area contributed by atoms with Gasteiger partial charge in [0.05, 0.1) is 21.8 Å². The quantitative estimate of drug-likeness (QED) is 0.326. The van der Waals surface area contributed by atoms with Gasteiger partial charge in [-0.2, -0.15) is 0 Å². The topological polar surface area (TPSA) is 88.9 Å². The third-order valence-electron chi connectivity index (χ3n) is 5.37. The number of nitrogens with one attached hydrogen (secondary N) is 2. The first-order valence-electron chi connectivity index (χ1n) is 10.9. The Hall–Kier alpha value is -4.56. The fourth-order valence-corrected chi connectivity index (χ4v) is 4.66. The van der Waals surface area contributed by atoms with E-state index in [-0.39, 0.29) is 11.8 Å². The number of rotatable bonds is 6. The summed E-state index contributed by atoms with van der Waals surface area (Å²) in [6.07, 6.45) is 3.60. The SMILES string of the molecule is Cn1ccnc1-c1sc(NC(=O)c2ccccc2NC(=O)c2ccccc2)nc1-c1ccccc1. The average molecular weight is 480 g/mol. The van der Waals surface area contributed by atoms with E-state index in [0.29, 0.717) is 21.9 Å². The second-order valence-electron chi connectivity index (χ2n) is 7.74. The predicted octanol–water partition coefficient (Wildman–Crippen LogP) is 5.72. The summed E-state index contributed by atoms with van der Waals surface area (Å²) in [6, 6.07) is 25.5. The van der Waals surface area contributed by atoms with E-state index in [1.165, 1.54) is 11.3 Å². The van der Waals surface area contributed by atoms with Crippen molar-refractivity contribution in [3.63, 3.8) is 0 Å². The lowest BCUT2D eigenvalue weighted by Gasteiger charge is -2.10. The molecule has 0 atom stereocenters. The number of benzene rings is 3. The van der Waals surface area contributed by atoms with Gasteiger partial charge < -0.3 is 9.88 Å². The molecular formula is C27H21N5O2S. The minimum absolute atomic E-state index is 0.288. The zero-order valence-corrected chi connectivity index (χ0v) is 19.6. The van der Waals surface area contributed by atoms with Gasteiger partial charge in [0.2, 0.25) is 0 Å². The summed E-state index contributed by atoms with van der Waals surface area (Å²) in [5.74, 6) is 0.106. The van der Waals surface area contributed by atoms with E-state index < -0.39 is 0 Å². The normalized spacial score (nSPS) is 10.7. The van der Waals surface area contributed by atoms with Crippen molar-refractivity contribution >= 4 is 34.0 Å². The highest BCUT2D eigenvalue weighted by Crippen LogP contribution is 2.38. The maximum absolute atomic E-state index is 13.2. The highest BCUT2D eigenvalue weighted by atomic mass is 32.1. The van der Waals surface area contributed by atoms with Gasteiger partial charge in [0.25, 0.3) is 11.8 Å². The molecule has 3 aromatic carbocycles. The molecule has 0 saturated heterocycles. The van der Waals surface area contributed by atoms with Crippen molar-refractivity contribution in [3.8, 4) is 22.0 Å². The van der Waals surface area contributed by atoms with E-state index in [1.807, 2.05) is 54.2 Å². The van der Waals surface area contributed by atoms with Gasteiger partial charge in [-0.05, 0) is 24.3 Å². The molecule has 2 aromatic heterocycles. The van der Waals surface area contributed by atoms with Crippen molar-refractivity contribution in [1.29, 1.82) is 0 Å². The van der Waals surface area contributed by atoms with Crippen LogP contribution in [0.1, 0.15) is 20.7 Å². The van der Waals surface area contributed by atoms with Gasteiger partial charge in [0, 0.05) is 30.6 Å². The fourth-order valence-electron chi connectivity index (χ4n) is 3.64. The summed E-state index contributed by atoms with van der Waals surface area (Å²) in [7, 11) is 1.92. The number of imidazole rings is 1. The van der Waals surface area contributed by atoms with Gasteiger partial charge in [0.15, 0.2) is 11.0 Å². The number of amides is 2. The molecule has 172 valence electrons. The maximum atomic E-state index is 13.2. The van der Waals surface area contributed by atoms with Crippen LogP contribution >= 0.6 is 11.3 Å². The van der Waals surface area contributed by atoms with E-state index in [2.05, 4.69) is 15.6 Å². The van der Waals surface area contributed by atoms with Crippen LogP contribution in [-0.4, -0.2) is 26.3 Å². The monoisotopic (exact) mass is 479 g/mol. The first-order chi connectivity index (χ1) is 17.1. The molecule has 0 saturated carbocycles. The fraction of sp³-hybridized carbons (Fsp3) is 0.0370. The molecule has 0 radical (unpaired) electrons. The minimum Gasteiger partial charge on any atom is -0.333 e. The van der Waals surface area contributed by atoms with Crippen LogP contribution < -0.4 is 10.6 Å². The molecule has 5 rings (SSSR count). The van der Waals surface area contributed by atoms with Gasteiger partial charge in [-0.3, -0.25) is 14.9 Å². The summed E-state index contributed by atoms with van der Waals surface area (Å²) < 4.78 is 1.92. The van der Waals surface area contributed by atoms with Gasteiger partial charge in [-0.15, -0.1) is 0 Å². The molecule has 5 aromatic rings. The average Bonchev–Trinajstić information content (AvgIpc) is 3.51. The van der Waals surface area contributed by atoms with Crippen LogP contribution in [0.25, 0.3) is 22.0 Å². The molecule has 2 N–H and O–H groups in total. The number of carbonyl (C=O) groups is 2. The third-order valence-corrected chi connectivity index (χ3v) is 6.34. The number of nitrogens with zero attached hydrogens (tertiary/aromatic N) is 3. The Kier molecular flexibility index (Phi) is 6.19. The van der Waals surface area contributed by atoms with E-state index in [9.17, 15) is 9.59 Å². The Morgan fingerprint density at radius 3 is 2.23 bits per heavy atom. The maximum Gasteiger partial charge on any atom is 0.259 e. The zero-order chi connectivity index (χ0) is 24.2. The smallest absolute Gasteiger partial charge is 0.259 e. The van der Waals surface area contributed by atoms with Crippen LogP contribution in [0.4, 0.5) is 10.8 Å². The van der Waals surface area contributed by atoms with E-state index in [0.717, 1.165) is 22.0 Å². The Balaban J connectivity index is 1.45. The number of para-hydroxylation sites is 1. The van der Waals surface area contributed by atoms with Crippen LogP contribution in [0.5, 0.6) is 0 Å². The molecule has 35 heavy (non-hydrogen) atoms. The van der Waals surface area contributed by atoms with E-state index >= 15 is 0 Å². The lowest BCUT2D eigenvalue weighted by atomic mass is 10.1. The number of aryl methyl sites for hydroxylation is 1. The molecule has 2 amide bonds. The molecule has 0 spiro atoms. The standard InChI is InChI=1S/C27H21N5O2S/c1-32-17-16-28-24(32)23-22(18-10-4-2-5-11-18)30-27(35-23)31-26(34)20-14-8-9-15-21(20)29-25(33)19-12-6-3-7-13-19/h2-17H,1H3,(H,29,33)(H,30,31,34). The van der Waals surface area contributed by atoms with Gasteiger partial charge in [-0.25, -0.2) is 9.97 Å². The first-order valence-corrected chi connectivity index (χ1v) is 11.7. The number of thiazole rings is 1. The molecule has 2 heterocycles. The zero-order valence-electron chi connectivity index (χ0n) is 18.8. The van der Waals surface area contributed by atoms with E-state index in [4.69, 9.17) is 4.98 Å². The molecular weight excluding hydrogens is 458 g/mol. The first kappa shape index (κ1) is 22.2. The lowest BCUT2D eigenvalue weighted by Crippen LogP contribution is -2.18. The third kappa shape index (κ3) is 4.73. The summed E-state index contributed by atoms with van der Waals surface area (Å²) >= 11 is 1.35. The molecule has 0 aliphatic heterocycles. The highest BCUT2D eigenvalue weighted by molar-refractivity contribution is 7.19. The predicted molar refractivity (Wildman–Crippen MR) is 139 cm³/mol. The molecule has 0 bridgehead atoms. The Morgan fingerprint density at radius 2 is 1.51 bits per heavy atom. The molecule has 7 nitrogen and oxygen atoms in total. The van der Waals surface area contributed by atoms with Crippen molar-refractivity contribution in [2.24, 2.45) is 7.05 Å². The van der Waals surface area contributed by atoms with Crippen molar-refractivity contribution in [1.82, 2.24) is 14.5 Å². The van der Waals surface area contributed by atoms with Crippen LogP contribution in [0, 0.1) is 0 Å². The van der Waals surface area contributed by atoms with Crippen molar-refractivity contribution in [3.05, 3.63) is 108 Å². The van der Waals surface area contributed by atoms with Gasteiger partial charge >= 0.3 is 0 Å². The number of hydrogen-bond donors (Lipinski definition) is 2. The van der Waals surface area contributed by atoms with Crippen molar-refractivity contribution < 1.29 is 9.59 Å². The van der Waals surface area contributed by atoms with Crippen LogP contribution in [0.2, 0.25) is 0 Å². The summed E-state index contributed by atoms with van der Waals surface area (Å²) in [4.78, 5) is 36.0. The largest absolute Gasteiger partial charge is 0.333 e. The number of hydrogen-bond acceptors (Lipinski definition) is 5. The van der Waals surface area contributed by atoms with Crippen molar-refractivity contribution in [2.75, 3.05) is 10.6 Å². The van der Waals surface area contributed by atoms with E-state index in [1.54, 1.807) is 54.7 Å². The number of anilines is 2. The lowest BCUT2D eigenvalue weighted by molar-refractivity contribution is 0.102. The van der Waals surface area contributed by atoms with Crippen LogP contribution in [-0.2, 0) is 7.05 Å². The second-order valence-corrected chi connectivity index (χ2v) is 8.74. The van der Waals surface area contributed by atoms with Crippen LogP contribution in [0.15, 0.2) is 97.3 Å². The Labute approximate surface area is 206 Å². The van der Waals surface area contributed by atoms with Crippen molar-refractivity contribution in [2.45, 2.75) is 0 Å². The minimum atomic E-state index is -0.367. The molecule has 0 unspecified atom stereocenters. The van der Waals surface area contributed by atoms with Gasteiger partial charge in [-0.1, -0.05) is 72.0 Å². The van der Waals surface area contributed by atoms with Crippen LogP contribution in [0.3, 0.4) is 0 Å².